The van der Waals surface area contributed by atoms with Gasteiger partial charge >= 0.3 is 0 Å². The van der Waals surface area contributed by atoms with E-state index in [-0.39, 0.29) is 12.7 Å². The lowest BCUT2D eigenvalue weighted by molar-refractivity contribution is 0.0773. The molecule has 0 saturated heterocycles. The third-order valence-corrected chi connectivity index (χ3v) is 4.86. The molecule has 154 valence electrons. The molecule has 1 aliphatic rings. The maximum atomic E-state index is 13.1. The van der Waals surface area contributed by atoms with Gasteiger partial charge in [-0.15, -0.1) is 0 Å². The molecular weight excluding hydrogens is 372 g/mol. The largest absolute Gasteiger partial charge is 0.493 e. The molecule has 7 nitrogen and oxygen atoms in total. The lowest BCUT2D eigenvalue weighted by Gasteiger charge is -2.20. The SMILES string of the molecule is CCN(CC)C(=O)c1cc2c(cc1N=C(C)c1ccc(OC)c(OC)c1)OCO2. The van der Waals surface area contributed by atoms with Gasteiger partial charge in [0, 0.05) is 24.9 Å². The molecule has 0 N–H and O–H groups in total. The first-order chi connectivity index (χ1) is 14.0. The second-order valence-corrected chi connectivity index (χ2v) is 6.47. The zero-order valence-electron chi connectivity index (χ0n) is 17.4. The van der Waals surface area contributed by atoms with Crippen molar-refractivity contribution in [3.8, 4) is 23.0 Å². The van der Waals surface area contributed by atoms with Crippen LogP contribution in [0.3, 0.4) is 0 Å². The normalized spacial score (nSPS) is 12.7. The zero-order valence-corrected chi connectivity index (χ0v) is 17.4. The number of carbonyl (C=O) groups excluding carboxylic acids is 1. The molecule has 0 unspecified atom stereocenters. The molecule has 1 aliphatic heterocycles. The summed E-state index contributed by atoms with van der Waals surface area (Å²) in [6.45, 7) is 7.15. The van der Waals surface area contributed by atoms with Gasteiger partial charge in [-0.2, -0.15) is 0 Å². The van der Waals surface area contributed by atoms with E-state index in [1.807, 2.05) is 39.0 Å². The fourth-order valence-corrected chi connectivity index (χ4v) is 3.18. The van der Waals surface area contributed by atoms with Gasteiger partial charge in [0.05, 0.1) is 25.5 Å². The molecule has 0 aliphatic carbocycles. The Hall–Kier alpha value is -3.22. The van der Waals surface area contributed by atoms with Gasteiger partial charge in [0.2, 0.25) is 6.79 Å². The Morgan fingerprint density at radius 3 is 2.31 bits per heavy atom. The van der Waals surface area contributed by atoms with Gasteiger partial charge in [0.25, 0.3) is 5.91 Å². The van der Waals surface area contributed by atoms with Gasteiger partial charge in [0.15, 0.2) is 23.0 Å². The third-order valence-electron chi connectivity index (χ3n) is 4.86. The van der Waals surface area contributed by atoms with Crippen molar-refractivity contribution in [2.75, 3.05) is 34.1 Å². The maximum absolute atomic E-state index is 13.1. The van der Waals surface area contributed by atoms with Crippen molar-refractivity contribution in [2.45, 2.75) is 20.8 Å². The summed E-state index contributed by atoms with van der Waals surface area (Å²) >= 11 is 0. The predicted molar refractivity (Wildman–Crippen MR) is 111 cm³/mol. The summed E-state index contributed by atoms with van der Waals surface area (Å²) in [5.74, 6) is 2.31. The summed E-state index contributed by atoms with van der Waals surface area (Å²) in [7, 11) is 3.18. The first-order valence-electron chi connectivity index (χ1n) is 9.52. The zero-order chi connectivity index (χ0) is 21.0. The molecule has 0 bridgehead atoms. The molecule has 7 heteroatoms. The van der Waals surface area contributed by atoms with E-state index in [4.69, 9.17) is 23.9 Å². The van der Waals surface area contributed by atoms with Gasteiger partial charge in [-0.05, 0) is 50.6 Å². The Morgan fingerprint density at radius 2 is 1.69 bits per heavy atom. The van der Waals surface area contributed by atoms with Crippen LogP contribution >= 0.6 is 0 Å². The van der Waals surface area contributed by atoms with Crippen LogP contribution < -0.4 is 18.9 Å². The van der Waals surface area contributed by atoms with Gasteiger partial charge in [-0.3, -0.25) is 9.79 Å². The second kappa shape index (κ2) is 8.86. The average molecular weight is 398 g/mol. The van der Waals surface area contributed by atoms with Crippen molar-refractivity contribution < 1.29 is 23.7 Å². The maximum Gasteiger partial charge on any atom is 0.256 e. The van der Waals surface area contributed by atoms with Crippen LogP contribution in [0.1, 0.15) is 36.7 Å². The molecule has 1 heterocycles. The molecule has 2 aromatic rings. The Morgan fingerprint density at radius 1 is 1.03 bits per heavy atom. The highest BCUT2D eigenvalue weighted by Crippen LogP contribution is 2.39. The van der Waals surface area contributed by atoms with Gasteiger partial charge in [-0.1, -0.05) is 0 Å². The predicted octanol–water partition coefficient (Wildman–Crippen LogP) is 4.06. The Labute approximate surface area is 170 Å². The average Bonchev–Trinajstić information content (AvgIpc) is 3.20. The molecular formula is C22H26N2O5. The number of hydrogen-bond donors (Lipinski definition) is 0. The quantitative estimate of drug-likeness (QED) is 0.658. The summed E-state index contributed by atoms with van der Waals surface area (Å²) in [4.78, 5) is 19.6. The molecule has 0 radical (unpaired) electrons. The van der Waals surface area contributed by atoms with Crippen LogP contribution in [0.2, 0.25) is 0 Å². The smallest absolute Gasteiger partial charge is 0.256 e. The number of ether oxygens (including phenoxy) is 4. The molecule has 29 heavy (non-hydrogen) atoms. The van der Waals surface area contributed by atoms with Crippen LogP contribution in [0, 0.1) is 0 Å². The highest BCUT2D eigenvalue weighted by atomic mass is 16.7. The van der Waals surface area contributed by atoms with Gasteiger partial charge < -0.3 is 23.8 Å². The molecule has 0 aromatic heterocycles. The lowest BCUT2D eigenvalue weighted by atomic mass is 10.1. The van der Waals surface area contributed by atoms with Gasteiger partial charge in [-0.25, -0.2) is 0 Å². The second-order valence-electron chi connectivity index (χ2n) is 6.47. The van der Waals surface area contributed by atoms with E-state index in [9.17, 15) is 4.79 Å². The van der Waals surface area contributed by atoms with Crippen LogP contribution in [0.4, 0.5) is 5.69 Å². The number of amides is 1. The summed E-state index contributed by atoms with van der Waals surface area (Å²) in [6.07, 6.45) is 0. The topological polar surface area (TPSA) is 69.6 Å². The fraction of sp³-hybridized carbons (Fsp3) is 0.364. The van der Waals surface area contributed by atoms with Crippen molar-refractivity contribution in [1.82, 2.24) is 4.90 Å². The summed E-state index contributed by atoms with van der Waals surface area (Å²) < 4.78 is 21.6. The summed E-state index contributed by atoms with van der Waals surface area (Å²) in [5.41, 5.74) is 2.62. The number of fused-ring (bicyclic) bond motifs is 1. The molecule has 0 atom stereocenters. The van der Waals surface area contributed by atoms with E-state index in [0.717, 1.165) is 11.3 Å². The standard InChI is InChI=1S/C22H26N2O5/c1-6-24(7-2)22(25)16-11-20-21(29-13-28-20)12-17(16)23-14(3)15-8-9-18(26-4)19(10-15)27-5/h8-12H,6-7,13H2,1-5H3. The minimum Gasteiger partial charge on any atom is -0.493 e. The Bertz CT molecular complexity index is 935. The minimum absolute atomic E-state index is 0.0906. The van der Waals surface area contributed by atoms with E-state index >= 15 is 0 Å². The first-order valence-corrected chi connectivity index (χ1v) is 9.52. The van der Waals surface area contributed by atoms with E-state index in [1.54, 1.807) is 31.3 Å². The number of rotatable bonds is 7. The molecule has 3 rings (SSSR count). The van der Waals surface area contributed by atoms with Crippen LogP contribution in [0.5, 0.6) is 23.0 Å². The number of hydrogen-bond acceptors (Lipinski definition) is 6. The van der Waals surface area contributed by atoms with E-state index in [1.165, 1.54) is 0 Å². The van der Waals surface area contributed by atoms with Crippen molar-refractivity contribution >= 4 is 17.3 Å². The highest BCUT2D eigenvalue weighted by molar-refractivity contribution is 6.05. The molecule has 1 amide bonds. The van der Waals surface area contributed by atoms with E-state index in [2.05, 4.69) is 0 Å². The number of nitrogens with zero attached hydrogens (tertiary/aromatic N) is 2. The van der Waals surface area contributed by atoms with Crippen molar-refractivity contribution in [3.05, 3.63) is 41.5 Å². The van der Waals surface area contributed by atoms with Crippen LogP contribution in [-0.4, -0.2) is 50.6 Å². The monoisotopic (exact) mass is 398 g/mol. The van der Waals surface area contributed by atoms with E-state index < -0.39 is 0 Å². The molecule has 0 saturated carbocycles. The van der Waals surface area contributed by atoms with Gasteiger partial charge in [0.1, 0.15) is 0 Å². The first kappa shape index (κ1) is 20.5. The summed E-state index contributed by atoms with van der Waals surface area (Å²) in [6, 6.07) is 9.05. The third kappa shape index (κ3) is 4.13. The Kier molecular flexibility index (Phi) is 6.26. The fourth-order valence-electron chi connectivity index (χ4n) is 3.18. The Balaban J connectivity index is 2.06. The highest BCUT2D eigenvalue weighted by Gasteiger charge is 2.23. The van der Waals surface area contributed by atoms with Crippen LogP contribution in [0.15, 0.2) is 35.3 Å². The van der Waals surface area contributed by atoms with Crippen molar-refractivity contribution in [2.24, 2.45) is 4.99 Å². The number of methoxy groups -OCH3 is 2. The molecule has 0 spiro atoms. The summed E-state index contributed by atoms with van der Waals surface area (Å²) in [5, 5.41) is 0. The van der Waals surface area contributed by atoms with Crippen molar-refractivity contribution in [1.29, 1.82) is 0 Å². The van der Waals surface area contributed by atoms with Crippen LogP contribution in [-0.2, 0) is 0 Å². The van der Waals surface area contributed by atoms with Crippen LogP contribution in [0.25, 0.3) is 0 Å². The minimum atomic E-state index is -0.0906. The van der Waals surface area contributed by atoms with Crippen molar-refractivity contribution in [3.63, 3.8) is 0 Å². The molecule has 2 aromatic carbocycles. The van der Waals surface area contributed by atoms with E-state index in [0.29, 0.717) is 47.3 Å². The number of carbonyl (C=O) groups is 1. The molecule has 0 fully saturated rings. The lowest BCUT2D eigenvalue weighted by Crippen LogP contribution is -2.30. The number of aliphatic imine (C=N–C) groups is 1. The number of benzene rings is 2.